The van der Waals surface area contributed by atoms with E-state index in [-0.39, 0.29) is 16.0 Å². The topological polar surface area (TPSA) is 46.3 Å². The first-order valence-electron chi connectivity index (χ1n) is 6.00. The summed E-state index contributed by atoms with van der Waals surface area (Å²) in [5.74, 6) is -0.190. The molecule has 20 heavy (non-hydrogen) atoms. The van der Waals surface area contributed by atoms with Gasteiger partial charge in [-0.2, -0.15) is 0 Å². The van der Waals surface area contributed by atoms with E-state index in [1.54, 1.807) is 11.9 Å². The Bertz CT molecular complexity index is 648. The van der Waals surface area contributed by atoms with Gasteiger partial charge in [0, 0.05) is 18.3 Å². The number of anilines is 2. The Labute approximate surface area is 127 Å². The van der Waals surface area contributed by atoms with Crippen molar-refractivity contribution >= 4 is 40.5 Å². The summed E-state index contributed by atoms with van der Waals surface area (Å²) in [5.41, 5.74) is 8.28. The van der Waals surface area contributed by atoms with E-state index in [1.165, 1.54) is 12.1 Å². The molecule has 0 atom stereocenters. The van der Waals surface area contributed by atoms with Crippen LogP contribution in [0, 0.1) is 6.92 Å². The molecule has 3 nitrogen and oxygen atoms in total. The highest BCUT2D eigenvalue weighted by Gasteiger charge is 2.17. The number of hydrogen-bond donors (Lipinski definition) is 1. The van der Waals surface area contributed by atoms with Gasteiger partial charge in [-0.3, -0.25) is 4.79 Å². The number of amides is 1. The largest absolute Gasteiger partial charge is 0.397 e. The number of benzene rings is 2. The summed E-state index contributed by atoms with van der Waals surface area (Å²) >= 11 is 11.9. The first-order valence-corrected chi connectivity index (χ1v) is 6.75. The van der Waals surface area contributed by atoms with Crippen molar-refractivity contribution in [1.29, 1.82) is 0 Å². The van der Waals surface area contributed by atoms with Gasteiger partial charge in [0.15, 0.2) is 0 Å². The zero-order chi connectivity index (χ0) is 14.9. The summed E-state index contributed by atoms with van der Waals surface area (Å²) in [6.07, 6.45) is 0. The second-order valence-electron chi connectivity index (χ2n) is 4.51. The van der Waals surface area contributed by atoms with E-state index in [9.17, 15) is 4.79 Å². The smallest absolute Gasteiger partial charge is 0.258 e. The number of para-hydroxylation sites is 1. The number of hydrogen-bond acceptors (Lipinski definition) is 2. The molecule has 0 aliphatic heterocycles. The zero-order valence-corrected chi connectivity index (χ0v) is 12.7. The number of nitrogens with zero attached hydrogens (tertiary/aromatic N) is 1. The van der Waals surface area contributed by atoms with Crippen LogP contribution in [0.1, 0.15) is 15.9 Å². The highest BCUT2D eigenvalue weighted by Crippen LogP contribution is 2.30. The van der Waals surface area contributed by atoms with Crippen LogP contribution in [0.4, 0.5) is 11.4 Å². The minimum Gasteiger partial charge on any atom is -0.397 e. The van der Waals surface area contributed by atoms with Crippen LogP contribution in [-0.4, -0.2) is 13.0 Å². The summed E-state index contributed by atoms with van der Waals surface area (Å²) in [6, 6.07) is 10.7. The number of rotatable bonds is 2. The molecule has 0 aliphatic rings. The maximum absolute atomic E-state index is 12.5. The zero-order valence-electron chi connectivity index (χ0n) is 11.2. The van der Waals surface area contributed by atoms with Crippen LogP contribution in [0.25, 0.3) is 0 Å². The Kier molecular flexibility index (Phi) is 4.21. The molecule has 0 saturated heterocycles. The van der Waals surface area contributed by atoms with Crippen molar-refractivity contribution < 1.29 is 4.79 Å². The average Bonchev–Trinajstić information content (AvgIpc) is 2.43. The SMILES string of the molecule is Cc1ccccc1N(C)C(=O)c1cc(N)c(Cl)c(Cl)c1. The minimum atomic E-state index is -0.190. The number of carbonyl (C=O) groups excluding carboxylic acids is 1. The second-order valence-corrected chi connectivity index (χ2v) is 5.30. The first-order chi connectivity index (χ1) is 9.41. The van der Waals surface area contributed by atoms with Crippen molar-refractivity contribution in [2.75, 3.05) is 17.7 Å². The van der Waals surface area contributed by atoms with Gasteiger partial charge in [-0.15, -0.1) is 0 Å². The normalized spacial score (nSPS) is 10.4. The fourth-order valence-corrected chi connectivity index (χ4v) is 2.31. The lowest BCUT2D eigenvalue weighted by atomic mass is 10.1. The fraction of sp³-hybridized carbons (Fsp3) is 0.133. The molecule has 0 bridgehead atoms. The van der Waals surface area contributed by atoms with Gasteiger partial charge < -0.3 is 10.6 Å². The fourth-order valence-electron chi connectivity index (χ4n) is 1.98. The van der Waals surface area contributed by atoms with Crippen LogP contribution in [0.2, 0.25) is 10.0 Å². The number of aryl methyl sites for hydroxylation is 1. The van der Waals surface area contributed by atoms with Crippen molar-refractivity contribution in [3.05, 3.63) is 57.6 Å². The minimum absolute atomic E-state index is 0.190. The Morgan fingerprint density at radius 1 is 1.20 bits per heavy atom. The summed E-state index contributed by atoms with van der Waals surface area (Å²) in [7, 11) is 1.71. The van der Waals surface area contributed by atoms with Crippen LogP contribution < -0.4 is 10.6 Å². The Balaban J connectivity index is 2.39. The number of nitrogen functional groups attached to an aromatic ring is 1. The first kappa shape index (κ1) is 14.7. The Morgan fingerprint density at radius 3 is 2.45 bits per heavy atom. The third kappa shape index (κ3) is 2.74. The number of nitrogens with two attached hydrogens (primary N) is 1. The summed E-state index contributed by atoms with van der Waals surface area (Å²) in [6.45, 7) is 1.95. The lowest BCUT2D eigenvalue weighted by molar-refractivity contribution is 0.0993. The average molecular weight is 309 g/mol. The van der Waals surface area contributed by atoms with E-state index >= 15 is 0 Å². The van der Waals surface area contributed by atoms with Crippen molar-refractivity contribution in [3.63, 3.8) is 0 Å². The lowest BCUT2D eigenvalue weighted by Gasteiger charge is -2.20. The van der Waals surface area contributed by atoms with Crippen LogP contribution >= 0.6 is 23.2 Å². The highest BCUT2D eigenvalue weighted by atomic mass is 35.5. The van der Waals surface area contributed by atoms with Gasteiger partial charge in [0.2, 0.25) is 0 Å². The lowest BCUT2D eigenvalue weighted by Crippen LogP contribution is -2.27. The van der Waals surface area contributed by atoms with Gasteiger partial charge >= 0.3 is 0 Å². The van der Waals surface area contributed by atoms with Gasteiger partial charge in [0.25, 0.3) is 5.91 Å². The molecule has 5 heteroatoms. The molecule has 0 fully saturated rings. The molecular formula is C15H14Cl2N2O. The molecule has 2 aromatic rings. The molecule has 1 amide bonds. The molecule has 104 valence electrons. The van der Waals surface area contributed by atoms with Crippen LogP contribution in [0.5, 0.6) is 0 Å². The maximum atomic E-state index is 12.5. The summed E-state index contributed by atoms with van der Waals surface area (Å²) < 4.78 is 0. The number of halogens is 2. The third-order valence-corrected chi connectivity index (χ3v) is 3.90. The van der Waals surface area contributed by atoms with Gasteiger partial charge in [-0.25, -0.2) is 0 Å². The van der Waals surface area contributed by atoms with Crippen LogP contribution in [0.15, 0.2) is 36.4 Å². The second kappa shape index (κ2) is 5.73. The molecule has 0 unspecified atom stereocenters. The standard InChI is InChI=1S/C15H14Cl2N2O/c1-9-5-3-4-6-13(9)19(2)15(20)10-7-11(16)14(17)12(18)8-10/h3-8H,18H2,1-2H3. The number of carbonyl (C=O) groups is 1. The predicted octanol–water partition coefficient (Wildman–Crippen LogP) is 4.16. The van der Waals surface area contributed by atoms with Crippen molar-refractivity contribution in [2.45, 2.75) is 6.92 Å². The molecule has 0 radical (unpaired) electrons. The summed E-state index contributed by atoms with van der Waals surface area (Å²) in [4.78, 5) is 14.0. The molecule has 0 saturated carbocycles. The Morgan fingerprint density at radius 2 is 1.85 bits per heavy atom. The molecule has 2 aromatic carbocycles. The van der Waals surface area contributed by atoms with Gasteiger partial charge in [0.1, 0.15) is 0 Å². The third-order valence-electron chi connectivity index (χ3n) is 3.08. The monoisotopic (exact) mass is 308 g/mol. The highest BCUT2D eigenvalue weighted by molar-refractivity contribution is 6.44. The quantitative estimate of drug-likeness (QED) is 0.847. The van der Waals surface area contributed by atoms with E-state index < -0.39 is 0 Å². The van der Waals surface area contributed by atoms with Crippen molar-refractivity contribution in [3.8, 4) is 0 Å². The molecular weight excluding hydrogens is 295 g/mol. The van der Waals surface area contributed by atoms with E-state index in [4.69, 9.17) is 28.9 Å². The van der Waals surface area contributed by atoms with E-state index in [2.05, 4.69) is 0 Å². The molecule has 0 heterocycles. The molecule has 0 spiro atoms. The molecule has 0 aromatic heterocycles. The Hall–Kier alpha value is -1.71. The molecule has 2 rings (SSSR count). The van der Waals surface area contributed by atoms with Crippen molar-refractivity contribution in [2.24, 2.45) is 0 Å². The van der Waals surface area contributed by atoms with E-state index in [0.29, 0.717) is 11.3 Å². The van der Waals surface area contributed by atoms with Gasteiger partial charge in [-0.05, 0) is 30.7 Å². The summed E-state index contributed by atoms with van der Waals surface area (Å²) in [5, 5.41) is 0.537. The van der Waals surface area contributed by atoms with E-state index in [1.807, 2.05) is 31.2 Å². The predicted molar refractivity (Wildman–Crippen MR) is 84.8 cm³/mol. The molecule has 2 N–H and O–H groups in total. The molecule has 0 aliphatic carbocycles. The van der Waals surface area contributed by atoms with Crippen LogP contribution in [-0.2, 0) is 0 Å². The van der Waals surface area contributed by atoms with Gasteiger partial charge in [-0.1, -0.05) is 41.4 Å². The van der Waals surface area contributed by atoms with Gasteiger partial charge in [0.05, 0.1) is 15.7 Å². The van der Waals surface area contributed by atoms with Crippen molar-refractivity contribution in [1.82, 2.24) is 0 Å². The van der Waals surface area contributed by atoms with Crippen LogP contribution in [0.3, 0.4) is 0 Å². The maximum Gasteiger partial charge on any atom is 0.258 e. The van der Waals surface area contributed by atoms with E-state index in [0.717, 1.165) is 11.3 Å².